The monoisotopic (exact) mass is 320 g/mol. The molecule has 0 aromatic rings. The molecule has 10 heterocycles. The second-order valence-electron chi connectivity index (χ2n) is 9.96. The Hall–Kier alpha value is 1.05. The van der Waals surface area contributed by atoms with Crippen molar-refractivity contribution < 1.29 is 14.9 Å². The van der Waals surface area contributed by atoms with E-state index in [9.17, 15) is 0 Å². The Morgan fingerprint density at radius 3 is 0.750 bits per heavy atom. The van der Waals surface area contributed by atoms with Gasteiger partial charge in [0.2, 0.25) is 0 Å². The number of fused-ring (bicyclic) bond motifs is 10. The Morgan fingerprint density at radius 1 is 0.625 bits per heavy atom. The molecule has 0 saturated carbocycles. The van der Waals surface area contributed by atoms with Crippen molar-refractivity contribution in [1.29, 1.82) is 0 Å². The van der Waals surface area contributed by atoms with Gasteiger partial charge in [0.25, 0.3) is 0 Å². The quantitative estimate of drug-likeness (QED) is 0.497. The standard InChI is InChI=1S/2C5H5.Cl2O2S.Fe/c2*1-2-4-5-3-1;1-5(2,3)4;/h2*1-5H;;. The third-order valence-corrected chi connectivity index (χ3v) is 56.5. The zero-order valence-corrected chi connectivity index (χ0v) is 11.5. The maximum atomic E-state index is 9.16. The van der Waals surface area contributed by atoms with E-state index in [0.717, 1.165) is 0 Å². The molecule has 0 aliphatic carbocycles. The van der Waals surface area contributed by atoms with Gasteiger partial charge in [0.1, 0.15) is 0 Å². The zero-order chi connectivity index (χ0) is 10.6. The van der Waals surface area contributed by atoms with E-state index in [1.165, 1.54) is 0 Å². The first-order chi connectivity index (χ1) is 7.16. The Bertz CT molecular complexity index is 795. The van der Waals surface area contributed by atoms with Gasteiger partial charge >= 0.3 is 62.9 Å². The number of hydrogen-bond donors (Lipinski definition) is 0. The van der Waals surface area contributed by atoms with E-state index in [1.807, 2.05) is 0 Å². The van der Waals surface area contributed by atoms with E-state index in [4.69, 9.17) is 8.42 Å². The van der Waals surface area contributed by atoms with Crippen molar-refractivity contribution in [3.63, 3.8) is 0 Å². The van der Waals surface area contributed by atoms with Crippen LogP contribution in [0.5, 0.6) is 0 Å². The first-order valence-corrected chi connectivity index (χ1v) is 15.5. The van der Waals surface area contributed by atoms with Crippen molar-refractivity contribution in [1.82, 2.24) is 0 Å². The van der Waals surface area contributed by atoms with Crippen molar-refractivity contribution >= 4 is 29.6 Å². The summed E-state index contributed by atoms with van der Waals surface area (Å²) in [6.45, 7) is -2.28. The molecular formula is C10H10Cl2FeO2S. The minimum absolute atomic E-state index is 1.59. The van der Waals surface area contributed by atoms with Crippen LogP contribution in [-0.2, 0) is 14.8 Å². The Balaban J connectivity index is 0.000000105. The summed E-state index contributed by atoms with van der Waals surface area (Å²) in [6.07, 6.45) is 0. The van der Waals surface area contributed by atoms with E-state index in [2.05, 4.69) is 21.4 Å². The van der Waals surface area contributed by atoms with Crippen LogP contribution in [0, 0.1) is 0 Å². The first kappa shape index (κ1) is 7.00. The summed E-state index contributed by atoms with van der Waals surface area (Å²) in [5.74, 6) is 0. The number of rotatable bonds is 0. The van der Waals surface area contributed by atoms with Crippen molar-refractivity contribution in [3.8, 4) is 0 Å². The van der Waals surface area contributed by atoms with E-state index in [-0.39, 0.29) is 0 Å². The molecule has 1 spiro atoms. The summed E-state index contributed by atoms with van der Waals surface area (Å²) in [4.78, 5) is 15.9. The van der Waals surface area contributed by atoms with Gasteiger partial charge in [-0.3, -0.25) is 0 Å². The summed E-state index contributed by atoms with van der Waals surface area (Å²) in [5, 5.41) is 0. The summed E-state index contributed by atoms with van der Waals surface area (Å²) in [5.41, 5.74) is 0. The van der Waals surface area contributed by atoms with Gasteiger partial charge in [0.05, 0.1) is 0 Å². The fraction of sp³-hybridized carbons (Fsp3) is 1.00. The maximum absolute atomic E-state index is 9.16. The summed E-state index contributed by atoms with van der Waals surface area (Å²) >= 11 is 0. The Morgan fingerprint density at radius 2 is 0.750 bits per heavy atom. The average Bonchev–Trinajstić information content (AvgIpc) is 3.12. The molecule has 0 atom stereocenters. The van der Waals surface area contributed by atoms with Crippen LogP contribution in [0.3, 0.4) is 0 Å². The Kier molecular flexibility index (Phi) is 0.236. The van der Waals surface area contributed by atoms with Crippen LogP contribution in [0.1, 0.15) is 0 Å². The third-order valence-electron chi connectivity index (χ3n) is 14.5. The summed E-state index contributed by atoms with van der Waals surface area (Å²) in [6, 6.07) is 0. The third kappa shape index (κ3) is 0.0735. The SMILES string of the molecule is O=S(=O)(Cl)Cl.[CH]12[CH]3[CH]4[CH]5[CH]1[Fe]23451678[CH]2[CH]1[CH]6[CH]7[CH]28. The van der Waals surface area contributed by atoms with Crippen LogP contribution in [0.15, 0.2) is 0 Å². The fourth-order valence-corrected chi connectivity index (χ4v) is 88.0. The molecule has 0 bridgehead atoms. The van der Waals surface area contributed by atoms with Gasteiger partial charge in [-0.1, -0.05) is 0 Å². The van der Waals surface area contributed by atoms with Gasteiger partial charge in [-0.15, -0.1) is 0 Å². The van der Waals surface area contributed by atoms with Gasteiger partial charge in [0, 0.05) is 21.4 Å². The van der Waals surface area contributed by atoms with Gasteiger partial charge in [-0.05, 0) is 0 Å². The fourth-order valence-electron chi connectivity index (χ4n) is 15.8. The molecule has 2 nitrogen and oxygen atoms in total. The van der Waals surface area contributed by atoms with Crippen molar-refractivity contribution in [2.24, 2.45) is 0 Å². The van der Waals surface area contributed by atoms with E-state index >= 15 is 0 Å². The first-order valence-electron chi connectivity index (χ1n) is 6.02. The van der Waals surface area contributed by atoms with Crippen LogP contribution in [-0.4, -0.2) is 8.42 Å². The normalized spacial score (nSPS) is 121. The van der Waals surface area contributed by atoms with Crippen LogP contribution >= 0.6 is 21.4 Å². The molecule has 10 fully saturated rings. The van der Waals surface area contributed by atoms with Gasteiger partial charge in [-0.25, -0.2) is 0 Å². The molecule has 0 radical (unpaired) electrons. The van der Waals surface area contributed by atoms with Gasteiger partial charge in [0.15, 0.2) is 0 Å². The average molecular weight is 321 g/mol. The molecule has 0 unspecified atom stereocenters. The molecule has 16 heavy (non-hydrogen) atoms. The number of hydrogen-bond acceptors (Lipinski definition) is 2. The van der Waals surface area contributed by atoms with Crippen molar-refractivity contribution in [2.75, 3.05) is 0 Å². The van der Waals surface area contributed by atoms with Crippen LogP contribution in [0.25, 0.3) is 0 Å². The molecule has 10 aliphatic heterocycles. The van der Waals surface area contributed by atoms with Crippen LogP contribution < -0.4 is 0 Å². The molecule has 10 aliphatic rings. The second kappa shape index (κ2) is 0.540. The van der Waals surface area contributed by atoms with Crippen molar-refractivity contribution in [2.45, 2.75) is 48.2 Å². The molecule has 10 rings (SSSR count). The Labute approximate surface area is 92.3 Å². The molecular weight excluding hydrogens is 311 g/mol. The predicted octanol–water partition coefficient (Wildman–Crippen LogP) is 4.08. The van der Waals surface area contributed by atoms with E-state index < -0.39 is 14.8 Å². The van der Waals surface area contributed by atoms with Crippen molar-refractivity contribution in [3.05, 3.63) is 0 Å². The zero-order valence-electron chi connectivity index (χ0n) is 8.11. The molecule has 10 saturated heterocycles. The molecule has 6 heteroatoms. The topological polar surface area (TPSA) is 34.1 Å². The molecule has 0 aromatic heterocycles. The van der Waals surface area contributed by atoms with Gasteiger partial charge < -0.3 is 0 Å². The van der Waals surface area contributed by atoms with Gasteiger partial charge in [-0.2, -0.15) is 8.42 Å². The molecule has 0 aromatic carbocycles. The van der Waals surface area contributed by atoms with E-state index in [0.29, 0.717) is 0 Å². The molecule has 90 valence electrons. The van der Waals surface area contributed by atoms with Crippen LogP contribution in [0.4, 0.5) is 0 Å². The summed E-state index contributed by atoms with van der Waals surface area (Å²) in [7, 11) is 4.81. The molecule has 0 N–H and O–H groups in total. The summed E-state index contributed by atoms with van der Waals surface area (Å²) < 4.78 is 18.3. The van der Waals surface area contributed by atoms with E-state index in [1.54, 1.807) is 48.2 Å². The minimum atomic E-state index is -3.72. The number of halogens is 2. The van der Waals surface area contributed by atoms with Crippen LogP contribution in [0.2, 0.25) is 48.2 Å². The molecule has 0 amide bonds. The predicted molar refractivity (Wildman–Crippen MR) is 58.1 cm³/mol. The second-order valence-corrected chi connectivity index (χ2v) is 37.6.